The van der Waals surface area contributed by atoms with Crippen LogP contribution in [0.4, 0.5) is 0 Å². The van der Waals surface area contributed by atoms with Crippen molar-refractivity contribution in [2.24, 2.45) is 0 Å². The number of aromatic nitrogens is 5. The summed E-state index contributed by atoms with van der Waals surface area (Å²) >= 11 is 0. The highest BCUT2D eigenvalue weighted by molar-refractivity contribution is 5.53. The molecule has 3 aromatic heterocycles. The van der Waals surface area contributed by atoms with Crippen LogP contribution in [-0.2, 0) is 30.7 Å². The minimum absolute atomic E-state index is 0.0836. The van der Waals surface area contributed by atoms with E-state index in [4.69, 9.17) is 4.74 Å². The monoisotopic (exact) mass is 378 g/mol. The molecule has 0 bridgehead atoms. The molecule has 0 amide bonds. The van der Waals surface area contributed by atoms with Crippen molar-refractivity contribution >= 4 is 0 Å². The fraction of sp³-hybridized carbons (Fsp3) is 0.350. The molecule has 0 unspecified atom stereocenters. The maximum absolute atomic E-state index is 12.6. The molecule has 3 aromatic rings. The van der Waals surface area contributed by atoms with Crippen LogP contribution in [0.15, 0.2) is 41.7 Å². The molecule has 0 aromatic carbocycles. The Balaban J connectivity index is 1.47. The van der Waals surface area contributed by atoms with E-state index < -0.39 is 0 Å². The van der Waals surface area contributed by atoms with Crippen LogP contribution in [-0.4, -0.2) is 50.1 Å². The molecule has 0 aliphatic carbocycles. The smallest absolute Gasteiger partial charge is 0.255 e. The average Bonchev–Trinajstić information content (AvgIpc) is 2.74. The number of hydrogen-bond donors (Lipinski definition) is 1. The number of fused-ring (bicyclic) bond motifs is 1. The highest BCUT2D eigenvalue weighted by Crippen LogP contribution is 2.19. The van der Waals surface area contributed by atoms with Crippen LogP contribution in [0.1, 0.15) is 22.6 Å². The largest absolute Gasteiger partial charge is 0.384 e. The lowest BCUT2D eigenvalue weighted by molar-refractivity contribution is 0.200. The highest BCUT2D eigenvalue weighted by Gasteiger charge is 2.21. The van der Waals surface area contributed by atoms with E-state index in [1.165, 1.54) is 0 Å². The number of pyridine rings is 1. The third-order valence-electron chi connectivity index (χ3n) is 4.78. The van der Waals surface area contributed by atoms with E-state index in [2.05, 4.69) is 29.8 Å². The predicted octanol–water partition coefficient (Wildman–Crippen LogP) is 1.37. The van der Waals surface area contributed by atoms with Gasteiger partial charge < -0.3 is 9.72 Å². The molecule has 1 aliphatic rings. The Bertz CT molecular complexity index is 988. The van der Waals surface area contributed by atoms with Gasteiger partial charge in [0.15, 0.2) is 0 Å². The summed E-state index contributed by atoms with van der Waals surface area (Å²) in [6.07, 6.45) is 8.54. The second-order valence-corrected chi connectivity index (χ2v) is 6.79. The van der Waals surface area contributed by atoms with E-state index in [1.54, 1.807) is 19.5 Å². The Morgan fingerprint density at radius 2 is 2.11 bits per heavy atom. The lowest BCUT2D eigenvalue weighted by Crippen LogP contribution is -2.35. The van der Waals surface area contributed by atoms with Gasteiger partial charge in [0.25, 0.3) is 5.56 Å². The zero-order valence-corrected chi connectivity index (χ0v) is 15.8. The van der Waals surface area contributed by atoms with E-state index in [0.717, 1.165) is 41.2 Å². The van der Waals surface area contributed by atoms with Crippen molar-refractivity contribution in [1.29, 1.82) is 0 Å². The Kier molecular flexibility index (Phi) is 5.50. The summed E-state index contributed by atoms with van der Waals surface area (Å²) in [6, 6.07) is 3.72. The molecule has 0 radical (unpaired) electrons. The van der Waals surface area contributed by atoms with Gasteiger partial charge in [-0.1, -0.05) is 0 Å². The fourth-order valence-electron chi connectivity index (χ4n) is 3.30. The van der Waals surface area contributed by atoms with Gasteiger partial charge in [0.05, 0.1) is 17.9 Å². The van der Waals surface area contributed by atoms with Crippen molar-refractivity contribution in [1.82, 2.24) is 29.8 Å². The van der Waals surface area contributed by atoms with Gasteiger partial charge in [0, 0.05) is 75.5 Å². The van der Waals surface area contributed by atoms with Gasteiger partial charge in [0.2, 0.25) is 0 Å². The standard InChI is InChI=1S/C20H22N6O2/c1-28-8-5-18-22-9-14(10-23-18)12-26-7-4-17-16(13-26)20(27)25-19(24-17)15-3-2-6-21-11-15/h2-3,6,9-11H,4-5,7-8,12-13H2,1H3,(H,24,25,27). The highest BCUT2D eigenvalue weighted by atomic mass is 16.5. The van der Waals surface area contributed by atoms with Crippen molar-refractivity contribution in [3.63, 3.8) is 0 Å². The molecule has 0 spiro atoms. The van der Waals surface area contributed by atoms with Gasteiger partial charge in [-0.05, 0) is 12.1 Å². The summed E-state index contributed by atoms with van der Waals surface area (Å²) in [5, 5.41) is 0. The molecule has 4 rings (SSSR count). The van der Waals surface area contributed by atoms with Crippen LogP contribution in [0.2, 0.25) is 0 Å². The van der Waals surface area contributed by atoms with Crippen LogP contribution < -0.4 is 5.56 Å². The zero-order valence-electron chi connectivity index (χ0n) is 15.8. The van der Waals surface area contributed by atoms with Gasteiger partial charge in [-0.2, -0.15) is 0 Å². The molecule has 1 N–H and O–H groups in total. The summed E-state index contributed by atoms with van der Waals surface area (Å²) < 4.78 is 5.05. The Hall–Kier alpha value is -2.97. The SMILES string of the molecule is COCCc1ncc(CN2CCc3nc(-c4cccnc4)[nH]c(=O)c3C2)cn1. The van der Waals surface area contributed by atoms with E-state index in [1.807, 2.05) is 24.5 Å². The average molecular weight is 378 g/mol. The number of hydrogen-bond acceptors (Lipinski definition) is 7. The lowest BCUT2D eigenvalue weighted by atomic mass is 10.1. The molecule has 1 aliphatic heterocycles. The Morgan fingerprint density at radius 1 is 1.25 bits per heavy atom. The molecule has 0 atom stereocenters. The van der Waals surface area contributed by atoms with Gasteiger partial charge in [-0.3, -0.25) is 14.7 Å². The number of rotatable bonds is 6. The molecule has 144 valence electrons. The summed E-state index contributed by atoms with van der Waals surface area (Å²) in [6.45, 7) is 2.71. The maximum Gasteiger partial charge on any atom is 0.255 e. The van der Waals surface area contributed by atoms with Crippen molar-refractivity contribution in [3.8, 4) is 11.4 Å². The summed E-state index contributed by atoms with van der Waals surface area (Å²) in [5.41, 5.74) is 3.36. The first kappa shape index (κ1) is 18.4. The quantitative estimate of drug-likeness (QED) is 0.692. The number of aromatic amines is 1. The van der Waals surface area contributed by atoms with Crippen molar-refractivity contribution in [3.05, 3.63) is 69.9 Å². The van der Waals surface area contributed by atoms with Gasteiger partial charge in [0.1, 0.15) is 11.6 Å². The summed E-state index contributed by atoms with van der Waals surface area (Å²) in [7, 11) is 1.67. The van der Waals surface area contributed by atoms with E-state index >= 15 is 0 Å². The minimum atomic E-state index is -0.0836. The van der Waals surface area contributed by atoms with Crippen molar-refractivity contribution < 1.29 is 4.74 Å². The predicted molar refractivity (Wildman–Crippen MR) is 104 cm³/mol. The van der Waals surface area contributed by atoms with E-state index in [-0.39, 0.29) is 5.56 Å². The number of ether oxygens (including phenoxy) is 1. The maximum atomic E-state index is 12.6. The van der Waals surface area contributed by atoms with Gasteiger partial charge in [-0.15, -0.1) is 0 Å². The third-order valence-corrected chi connectivity index (χ3v) is 4.78. The third kappa shape index (κ3) is 4.13. The summed E-state index contributed by atoms with van der Waals surface area (Å²) in [4.78, 5) is 35.3. The topological polar surface area (TPSA) is 96.9 Å². The second kappa shape index (κ2) is 8.37. The van der Waals surface area contributed by atoms with E-state index in [0.29, 0.717) is 31.9 Å². The molecule has 4 heterocycles. The molecular weight excluding hydrogens is 356 g/mol. The summed E-state index contributed by atoms with van der Waals surface area (Å²) in [5.74, 6) is 1.35. The van der Waals surface area contributed by atoms with E-state index in [9.17, 15) is 4.79 Å². The number of H-pyrrole nitrogens is 1. The van der Waals surface area contributed by atoms with Gasteiger partial charge in [-0.25, -0.2) is 15.0 Å². The molecule has 0 fully saturated rings. The van der Waals surface area contributed by atoms with Crippen LogP contribution >= 0.6 is 0 Å². The zero-order chi connectivity index (χ0) is 19.3. The van der Waals surface area contributed by atoms with Crippen LogP contribution in [0.5, 0.6) is 0 Å². The second-order valence-electron chi connectivity index (χ2n) is 6.79. The Labute approximate surface area is 162 Å². The normalized spacial score (nSPS) is 14.0. The first-order valence-electron chi connectivity index (χ1n) is 9.26. The molecule has 8 nitrogen and oxygen atoms in total. The van der Waals surface area contributed by atoms with Crippen molar-refractivity contribution in [2.75, 3.05) is 20.3 Å². The molecule has 8 heteroatoms. The first-order valence-corrected chi connectivity index (χ1v) is 9.26. The van der Waals surface area contributed by atoms with Crippen molar-refractivity contribution in [2.45, 2.75) is 25.9 Å². The van der Waals surface area contributed by atoms with Crippen LogP contribution in [0.3, 0.4) is 0 Å². The molecule has 28 heavy (non-hydrogen) atoms. The fourth-order valence-corrected chi connectivity index (χ4v) is 3.30. The minimum Gasteiger partial charge on any atom is -0.384 e. The van der Waals surface area contributed by atoms with Gasteiger partial charge >= 0.3 is 0 Å². The van der Waals surface area contributed by atoms with Crippen LogP contribution in [0.25, 0.3) is 11.4 Å². The number of nitrogens with one attached hydrogen (secondary N) is 1. The molecule has 0 saturated carbocycles. The number of methoxy groups -OCH3 is 1. The Morgan fingerprint density at radius 3 is 2.86 bits per heavy atom. The first-order chi connectivity index (χ1) is 13.7. The lowest BCUT2D eigenvalue weighted by Gasteiger charge is -2.27. The molecule has 0 saturated heterocycles. The van der Waals surface area contributed by atoms with Crippen LogP contribution in [0, 0.1) is 0 Å². The number of nitrogens with zero attached hydrogens (tertiary/aromatic N) is 5. The molecular formula is C20H22N6O2.